The van der Waals surface area contributed by atoms with Crippen LogP contribution in [-0.2, 0) is 16.2 Å². The predicted molar refractivity (Wildman–Crippen MR) is 62.9 cm³/mol. The van der Waals surface area contributed by atoms with Crippen molar-refractivity contribution in [1.29, 1.82) is 0 Å². The third-order valence-corrected chi connectivity index (χ3v) is 6.31. The van der Waals surface area contributed by atoms with Crippen molar-refractivity contribution in [2.75, 3.05) is 0 Å². The Morgan fingerprint density at radius 1 is 1.26 bits per heavy atom. The molecule has 9 nitrogen and oxygen atoms in total. The van der Waals surface area contributed by atoms with E-state index in [9.17, 15) is 14.2 Å². The molecule has 0 aromatic carbocycles. The quantitative estimate of drug-likeness (QED) is 0.343. The van der Waals surface area contributed by atoms with Crippen LogP contribution in [0.3, 0.4) is 0 Å². The van der Waals surface area contributed by atoms with E-state index in [2.05, 4.69) is 4.98 Å². The maximum absolute atomic E-state index is 11.1. The molecule has 5 N–H and O–H groups in total. The molecule has 0 radical (unpaired) electrons. The summed E-state index contributed by atoms with van der Waals surface area (Å²) in [5.74, 6) is 0. The van der Waals surface area contributed by atoms with Gasteiger partial charge in [-0.05, 0) is 0 Å². The minimum atomic E-state index is -5.03. The average Bonchev–Trinajstić information content (AvgIpc) is 2.23. The van der Waals surface area contributed by atoms with Crippen molar-refractivity contribution < 1.29 is 38.4 Å². The number of rotatable bonds is 5. The molecular formula is C8H15N2O7P2+. The summed E-state index contributed by atoms with van der Waals surface area (Å²) in [5.41, 5.74) is 0.238. The van der Waals surface area contributed by atoms with E-state index in [0.717, 1.165) is 0 Å². The number of aromatic nitrogens is 2. The molecule has 0 saturated heterocycles. The van der Waals surface area contributed by atoms with Crippen molar-refractivity contribution in [3.8, 4) is 0 Å². The molecule has 1 rings (SSSR count). The lowest BCUT2D eigenvalue weighted by Crippen LogP contribution is -2.36. The van der Waals surface area contributed by atoms with Crippen LogP contribution < -0.4 is 4.57 Å². The van der Waals surface area contributed by atoms with E-state index in [1.54, 1.807) is 0 Å². The first kappa shape index (κ1) is 16.4. The molecule has 1 aromatic rings. The molecule has 1 atom stereocenters. The van der Waals surface area contributed by atoms with Crippen LogP contribution in [-0.4, -0.2) is 35.1 Å². The van der Waals surface area contributed by atoms with Gasteiger partial charge in [0.05, 0.1) is 7.05 Å². The molecule has 19 heavy (non-hydrogen) atoms. The van der Waals surface area contributed by atoms with Crippen LogP contribution in [0.1, 0.15) is 18.2 Å². The van der Waals surface area contributed by atoms with Crippen molar-refractivity contribution in [1.82, 2.24) is 4.98 Å². The highest BCUT2D eigenvalue weighted by molar-refractivity contribution is 7.70. The van der Waals surface area contributed by atoms with E-state index in [1.807, 2.05) is 0 Å². The molecule has 0 aliphatic rings. The van der Waals surface area contributed by atoms with Crippen LogP contribution in [0.25, 0.3) is 0 Å². The zero-order valence-electron chi connectivity index (χ0n) is 9.94. The Balaban J connectivity index is 3.02. The van der Waals surface area contributed by atoms with Crippen molar-refractivity contribution in [3.63, 3.8) is 0 Å². The number of aliphatic hydroxyl groups is 1. The maximum Gasteiger partial charge on any atom is 0.340 e. The second-order valence-electron chi connectivity index (χ2n) is 4.03. The Morgan fingerprint density at radius 2 is 1.79 bits per heavy atom. The second kappa shape index (κ2) is 5.76. The molecule has 1 heterocycles. The van der Waals surface area contributed by atoms with Crippen LogP contribution >= 0.6 is 15.2 Å². The minimum Gasteiger partial charge on any atom is -0.385 e. The maximum atomic E-state index is 11.1. The smallest absolute Gasteiger partial charge is 0.340 e. The molecule has 0 aliphatic carbocycles. The van der Waals surface area contributed by atoms with Gasteiger partial charge in [-0.1, -0.05) is 4.98 Å². The topological polar surface area (TPSA) is 152 Å². The van der Waals surface area contributed by atoms with Crippen LogP contribution in [0.4, 0.5) is 0 Å². The fourth-order valence-corrected chi connectivity index (χ4v) is 4.10. The molecule has 0 bridgehead atoms. The standard InChI is InChI=1S/C8H14N2O7P2/c1-10-5-9-3-2-6(10)7(11)4-8(18(12,13)14)19(15,16)17/h2-3,5,7-8,11H,4H2,1H3,(H3-,12,13,14,15,16,17)/p+1. The van der Waals surface area contributed by atoms with Crippen LogP contribution in [0.15, 0.2) is 18.6 Å². The van der Waals surface area contributed by atoms with Gasteiger partial charge in [0.2, 0.25) is 0 Å². The van der Waals surface area contributed by atoms with Crippen molar-refractivity contribution in [2.24, 2.45) is 7.05 Å². The summed E-state index contributed by atoms with van der Waals surface area (Å²) in [5, 5.41) is 7.63. The summed E-state index contributed by atoms with van der Waals surface area (Å²) in [6.07, 6.45) is 0.510. The van der Waals surface area contributed by atoms with Gasteiger partial charge in [-0.3, -0.25) is 9.13 Å². The van der Waals surface area contributed by atoms with Gasteiger partial charge in [-0.15, -0.1) is 0 Å². The second-order valence-corrected chi connectivity index (χ2v) is 8.04. The third kappa shape index (κ3) is 4.43. The Hall–Kier alpha value is -0.660. The van der Waals surface area contributed by atoms with E-state index in [-0.39, 0.29) is 5.69 Å². The summed E-state index contributed by atoms with van der Waals surface area (Å²) < 4.78 is 23.6. The summed E-state index contributed by atoms with van der Waals surface area (Å²) >= 11 is 0. The fraction of sp³-hybridized carbons (Fsp3) is 0.500. The Bertz CT molecular complexity index is 518. The number of nitrogens with zero attached hydrogens (tertiary/aromatic N) is 2. The van der Waals surface area contributed by atoms with E-state index >= 15 is 0 Å². The molecule has 1 unspecified atom stereocenters. The van der Waals surface area contributed by atoms with Gasteiger partial charge in [0, 0.05) is 12.5 Å². The number of aryl methyl sites for hydroxylation is 1. The average molecular weight is 313 g/mol. The van der Waals surface area contributed by atoms with Crippen molar-refractivity contribution in [2.45, 2.75) is 17.9 Å². The Morgan fingerprint density at radius 3 is 2.21 bits per heavy atom. The fourth-order valence-electron chi connectivity index (χ4n) is 1.58. The van der Waals surface area contributed by atoms with Crippen LogP contribution in [0.2, 0.25) is 0 Å². The van der Waals surface area contributed by atoms with E-state index in [0.29, 0.717) is 0 Å². The third-order valence-electron chi connectivity index (χ3n) is 2.53. The van der Waals surface area contributed by atoms with Gasteiger partial charge in [0.15, 0.2) is 5.40 Å². The van der Waals surface area contributed by atoms with Gasteiger partial charge >= 0.3 is 15.2 Å². The van der Waals surface area contributed by atoms with Crippen LogP contribution in [0.5, 0.6) is 0 Å². The van der Waals surface area contributed by atoms with Gasteiger partial charge in [0.1, 0.15) is 18.0 Å². The summed E-state index contributed by atoms with van der Waals surface area (Å²) in [6, 6.07) is 1.39. The summed E-state index contributed by atoms with van der Waals surface area (Å²) in [6.45, 7) is 0. The molecule has 0 spiro atoms. The van der Waals surface area contributed by atoms with Gasteiger partial charge in [-0.2, -0.15) is 0 Å². The highest BCUT2D eigenvalue weighted by atomic mass is 31.2. The lowest BCUT2D eigenvalue weighted by Gasteiger charge is -2.21. The van der Waals surface area contributed by atoms with Crippen molar-refractivity contribution in [3.05, 3.63) is 24.3 Å². The van der Waals surface area contributed by atoms with Gasteiger partial charge < -0.3 is 24.7 Å². The number of hydrogen-bond donors (Lipinski definition) is 5. The van der Waals surface area contributed by atoms with E-state index in [1.165, 1.54) is 30.2 Å². The molecule has 108 valence electrons. The minimum absolute atomic E-state index is 0.238. The predicted octanol–water partition coefficient (Wildman–Crippen LogP) is -0.989. The van der Waals surface area contributed by atoms with Crippen LogP contribution in [0, 0.1) is 0 Å². The summed E-state index contributed by atoms with van der Waals surface area (Å²) in [7, 11) is -8.53. The molecular weight excluding hydrogens is 298 g/mol. The highest BCUT2D eigenvalue weighted by Gasteiger charge is 2.45. The zero-order chi connectivity index (χ0) is 14.8. The molecule has 0 aliphatic heterocycles. The normalized spacial score (nSPS) is 14.7. The van der Waals surface area contributed by atoms with Crippen molar-refractivity contribution >= 4 is 15.2 Å². The largest absolute Gasteiger partial charge is 0.385 e. The number of hydrogen-bond acceptors (Lipinski definition) is 4. The van der Waals surface area contributed by atoms with Gasteiger partial charge in [0.25, 0.3) is 6.33 Å². The van der Waals surface area contributed by atoms with Gasteiger partial charge in [-0.25, -0.2) is 4.57 Å². The highest BCUT2D eigenvalue weighted by Crippen LogP contribution is 2.62. The monoisotopic (exact) mass is 313 g/mol. The van der Waals surface area contributed by atoms with E-state index in [4.69, 9.17) is 19.6 Å². The first-order chi connectivity index (χ1) is 8.53. The zero-order valence-corrected chi connectivity index (χ0v) is 11.7. The first-order valence-corrected chi connectivity index (χ1v) is 8.48. The summed E-state index contributed by atoms with van der Waals surface area (Å²) in [4.78, 5) is 39.6. The Labute approximate surface area is 108 Å². The first-order valence-electron chi connectivity index (χ1n) is 5.11. The lowest BCUT2D eigenvalue weighted by atomic mass is 10.2. The molecule has 1 aromatic heterocycles. The Kier molecular flexibility index (Phi) is 4.97. The molecule has 0 amide bonds. The molecule has 0 fully saturated rings. The number of aliphatic hydroxyl groups excluding tert-OH is 1. The lowest BCUT2D eigenvalue weighted by molar-refractivity contribution is -0.686. The molecule has 11 heteroatoms. The van der Waals surface area contributed by atoms with E-state index < -0.39 is 33.1 Å². The molecule has 0 saturated carbocycles. The SMILES string of the molecule is C[n+]1cnccc1C(O)CC(P(=O)(O)O)P(=O)(O)O.